The van der Waals surface area contributed by atoms with Gasteiger partial charge in [-0.15, -0.1) is 29.1 Å². The largest absolute Gasteiger partial charge is 0.512 e. The summed E-state index contributed by atoms with van der Waals surface area (Å²) >= 11 is 0. The smallest absolute Gasteiger partial charge is 0.164 e. The van der Waals surface area contributed by atoms with E-state index >= 15 is 0 Å². The van der Waals surface area contributed by atoms with Gasteiger partial charge in [-0.05, 0) is 51.6 Å². The van der Waals surface area contributed by atoms with Crippen molar-refractivity contribution in [3.05, 3.63) is 126 Å². The number of aliphatic hydroxyl groups is 1. The molecule has 251 valence electrons. The minimum atomic E-state index is -0.417. The molecule has 0 fully saturated rings. The van der Waals surface area contributed by atoms with Crippen LogP contribution in [0.5, 0.6) is 0 Å². The molecule has 1 aliphatic rings. The Morgan fingerprint density at radius 2 is 1.38 bits per heavy atom. The van der Waals surface area contributed by atoms with Gasteiger partial charge in [0.05, 0.1) is 0 Å². The molecule has 1 N–H and O–H groups in total. The number of allylic oxidation sites excluding steroid dienone is 2. The Labute approximate surface area is 300 Å². The number of nitrogens with zero attached hydrogens (tertiary/aromatic N) is 1. The fraction of sp³-hybridized carbons (Fsp3) is 0.318. The molecule has 0 amide bonds. The molecule has 3 nitrogen and oxygen atoms in total. The van der Waals surface area contributed by atoms with Gasteiger partial charge in [-0.2, -0.15) is 0 Å². The van der Waals surface area contributed by atoms with Crippen molar-refractivity contribution in [3.63, 3.8) is 0 Å². The molecule has 0 spiro atoms. The van der Waals surface area contributed by atoms with Gasteiger partial charge >= 0.3 is 0 Å². The van der Waals surface area contributed by atoms with E-state index in [0.29, 0.717) is 0 Å². The van der Waals surface area contributed by atoms with Crippen molar-refractivity contribution in [1.29, 1.82) is 0 Å². The molecule has 6 rings (SSSR count). The fourth-order valence-corrected chi connectivity index (χ4v) is 5.77. The first-order chi connectivity index (χ1) is 22.0. The van der Waals surface area contributed by atoms with E-state index in [0.717, 1.165) is 29.5 Å². The summed E-state index contributed by atoms with van der Waals surface area (Å²) in [6, 6.07) is 34.4. The first-order valence-electron chi connectivity index (χ1n) is 16.6. The van der Waals surface area contributed by atoms with Gasteiger partial charge in [0, 0.05) is 48.9 Å². The third kappa shape index (κ3) is 8.40. The van der Waals surface area contributed by atoms with Crippen molar-refractivity contribution in [2.75, 3.05) is 0 Å². The molecular weight excluding hydrogens is 767 g/mol. The number of carbonyl (C=O) groups is 1. The molecule has 4 aromatic carbocycles. The second kappa shape index (κ2) is 14.3. The Morgan fingerprint density at radius 1 is 0.729 bits per heavy atom. The zero-order valence-corrected chi connectivity index (χ0v) is 32.2. The van der Waals surface area contributed by atoms with Gasteiger partial charge in [-0.3, -0.25) is 9.78 Å². The van der Waals surface area contributed by atoms with Crippen LogP contribution in [0.15, 0.2) is 103 Å². The Kier molecular flexibility index (Phi) is 11.0. The summed E-state index contributed by atoms with van der Waals surface area (Å²) in [5, 5.41) is 12.0. The summed E-state index contributed by atoms with van der Waals surface area (Å²) in [5.74, 6) is 0.104. The maximum Gasteiger partial charge on any atom is 0.164 e. The number of aliphatic hydroxyl groups excluding tert-OH is 1. The van der Waals surface area contributed by atoms with Crippen LogP contribution >= 0.6 is 0 Å². The molecule has 4 heteroatoms. The molecule has 0 aliphatic heterocycles. The van der Waals surface area contributed by atoms with Crippen LogP contribution in [0.3, 0.4) is 0 Å². The zero-order chi connectivity index (χ0) is 34.1. The van der Waals surface area contributed by atoms with Gasteiger partial charge in [0.2, 0.25) is 0 Å². The quantitative estimate of drug-likeness (QED) is 0.112. The SMILES string of the molecule is CC(C)(C)C(=O)/C=C(\O)C(C)(C)C.CC(C)(C)c1cc(-c2cc3c(cn2)CCc2cc(-c4ccccc4)ccc2-3)[c-]c2ccccc12.[Ir]. The Balaban J connectivity index is 0.000000319. The monoisotopic (exact) mass is 815 g/mol. The van der Waals surface area contributed by atoms with E-state index < -0.39 is 5.41 Å². The maximum atomic E-state index is 11.5. The second-order valence-electron chi connectivity index (χ2n) is 15.8. The van der Waals surface area contributed by atoms with Crippen LogP contribution in [0.4, 0.5) is 0 Å². The molecule has 0 saturated carbocycles. The Hall–Kier alpha value is -3.85. The van der Waals surface area contributed by atoms with Gasteiger partial charge in [0.15, 0.2) is 5.78 Å². The molecule has 1 aromatic heterocycles. The second-order valence-corrected chi connectivity index (χ2v) is 15.8. The molecule has 0 unspecified atom stereocenters. The number of fused-ring (bicyclic) bond motifs is 4. The van der Waals surface area contributed by atoms with E-state index in [4.69, 9.17) is 4.98 Å². The molecule has 0 atom stereocenters. The third-order valence-corrected chi connectivity index (χ3v) is 8.79. The van der Waals surface area contributed by atoms with E-state index in [2.05, 4.69) is 118 Å². The third-order valence-electron chi connectivity index (χ3n) is 8.79. The van der Waals surface area contributed by atoms with Gasteiger partial charge in [0.1, 0.15) is 5.76 Å². The van der Waals surface area contributed by atoms with E-state index in [9.17, 15) is 9.90 Å². The minimum absolute atomic E-state index is 0. The molecule has 0 saturated heterocycles. The number of rotatable bonds is 3. The summed E-state index contributed by atoms with van der Waals surface area (Å²) in [6.07, 6.45) is 5.50. The van der Waals surface area contributed by atoms with Crippen molar-refractivity contribution in [2.24, 2.45) is 10.8 Å². The predicted octanol–water partition coefficient (Wildman–Crippen LogP) is 11.5. The summed E-state index contributed by atoms with van der Waals surface area (Å²) in [4.78, 5) is 16.4. The van der Waals surface area contributed by atoms with Crippen LogP contribution in [0.25, 0.3) is 44.3 Å². The van der Waals surface area contributed by atoms with E-state index in [1.54, 1.807) is 0 Å². The summed E-state index contributed by atoms with van der Waals surface area (Å²) in [6.45, 7) is 17.9. The molecular formula is C44H48IrNO2-. The minimum Gasteiger partial charge on any atom is -0.512 e. The van der Waals surface area contributed by atoms with Crippen LogP contribution < -0.4 is 0 Å². The van der Waals surface area contributed by atoms with Gasteiger partial charge < -0.3 is 5.11 Å². The normalized spacial score (nSPS) is 13.1. The Morgan fingerprint density at radius 3 is 2.02 bits per heavy atom. The van der Waals surface area contributed by atoms with Gasteiger partial charge in [-0.1, -0.05) is 146 Å². The average molecular weight is 815 g/mol. The van der Waals surface area contributed by atoms with Gasteiger partial charge in [-0.25, -0.2) is 0 Å². The number of carbonyl (C=O) groups excluding carboxylic acids is 1. The van der Waals surface area contributed by atoms with Crippen LogP contribution in [0.1, 0.15) is 79.0 Å². The molecule has 1 heterocycles. The van der Waals surface area contributed by atoms with Crippen LogP contribution in [0, 0.1) is 16.9 Å². The first kappa shape index (κ1) is 37.0. The fourth-order valence-electron chi connectivity index (χ4n) is 5.77. The number of hydrogen-bond donors (Lipinski definition) is 1. The number of aromatic nitrogens is 1. The number of pyridine rings is 1. The first-order valence-corrected chi connectivity index (χ1v) is 16.6. The average Bonchev–Trinajstić information content (AvgIpc) is 3.03. The van der Waals surface area contributed by atoms with Crippen LogP contribution in [0.2, 0.25) is 0 Å². The summed E-state index contributed by atoms with van der Waals surface area (Å²) < 4.78 is 0. The van der Waals surface area contributed by atoms with Crippen molar-refractivity contribution in [1.82, 2.24) is 4.98 Å². The van der Waals surface area contributed by atoms with E-state index in [-0.39, 0.29) is 42.5 Å². The van der Waals surface area contributed by atoms with Crippen LogP contribution in [-0.4, -0.2) is 15.9 Å². The molecule has 1 aliphatic carbocycles. The van der Waals surface area contributed by atoms with E-state index in [1.807, 2.05) is 41.5 Å². The Bertz CT molecular complexity index is 1950. The van der Waals surface area contributed by atoms with Gasteiger partial charge in [0.25, 0.3) is 0 Å². The number of aryl methyl sites for hydroxylation is 2. The number of hydrogen-bond acceptors (Lipinski definition) is 3. The zero-order valence-electron chi connectivity index (χ0n) is 29.8. The topological polar surface area (TPSA) is 50.2 Å². The molecule has 0 bridgehead atoms. The van der Waals surface area contributed by atoms with Crippen molar-refractivity contribution >= 4 is 16.6 Å². The van der Waals surface area contributed by atoms with Crippen molar-refractivity contribution in [3.8, 4) is 33.5 Å². The predicted molar refractivity (Wildman–Crippen MR) is 198 cm³/mol. The number of ketones is 1. The summed E-state index contributed by atoms with van der Waals surface area (Å²) in [5.41, 5.74) is 10.6. The maximum absolute atomic E-state index is 11.5. The number of benzene rings is 4. The molecule has 5 aromatic rings. The van der Waals surface area contributed by atoms with E-state index in [1.165, 1.54) is 50.4 Å². The van der Waals surface area contributed by atoms with Crippen LogP contribution in [-0.2, 0) is 43.2 Å². The molecule has 48 heavy (non-hydrogen) atoms. The standard InChI is InChI=1S/C33H28N.C11H20O2.Ir/c1-33(2,3)31-19-27(18-24-11-7-8-12-29(24)31)32-20-30-26(21-34-32)14-13-25-17-23(15-16-28(25)30)22-9-5-4-6-10-22;1-10(2,3)8(12)7-9(13)11(4,5)6;/h4-12,15-17,19-21H,13-14H2,1-3H3;7,12H,1-6H3;/q-1;;/b;8-7-;. The van der Waals surface area contributed by atoms with Crippen molar-refractivity contribution < 1.29 is 30.0 Å². The summed E-state index contributed by atoms with van der Waals surface area (Å²) in [7, 11) is 0. The van der Waals surface area contributed by atoms with Crippen molar-refractivity contribution in [2.45, 2.75) is 80.6 Å². The molecule has 1 radical (unpaired) electrons.